The number of hydrogen-bond donors (Lipinski definition) is 3. The summed E-state index contributed by atoms with van der Waals surface area (Å²) in [6.45, 7) is 8.79. The van der Waals surface area contributed by atoms with Crippen LogP contribution in [-0.4, -0.2) is 75.3 Å². The third kappa shape index (κ3) is 4.00. The van der Waals surface area contributed by atoms with Crippen LogP contribution in [0.1, 0.15) is 52.9 Å². The molecule has 0 aromatic carbocycles. The molecule has 0 radical (unpaired) electrons. The number of nitrogens with two attached hydrogens (primary N) is 1. The van der Waals surface area contributed by atoms with Gasteiger partial charge in [0.25, 0.3) is 0 Å². The van der Waals surface area contributed by atoms with Crippen molar-refractivity contribution < 1.29 is 19.8 Å². The summed E-state index contributed by atoms with van der Waals surface area (Å²) in [5.41, 5.74) is 4.92. The lowest BCUT2D eigenvalue weighted by atomic mass is 9.78. The van der Waals surface area contributed by atoms with Crippen LogP contribution in [0.3, 0.4) is 0 Å². The van der Waals surface area contributed by atoms with E-state index in [1.807, 2.05) is 0 Å². The van der Waals surface area contributed by atoms with Gasteiger partial charge in [-0.3, -0.25) is 14.5 Å². The lowest BCUT2D eigenvalue weighted by molar-refractivity contribution is -0.144. The van der Waals surface area contributed by atoms with Crippen LogP contribution in [0.5, 0.6) is 0 Å². The Balaban J connectivity index is 1.64. The molecule has 1 saturated carbocycles. The zero-order valence-corrected chi connectivity index (χ0v) is 16.8. The number of carboxylic acid groups (broad SMARTS) is 2. The van der Waals surface area contributed by atoms with Crippen molar-refractivity contribution >= 4 is 11.9 Å². The van der Waals surface area contributed by atoms with E-state index < -0.39 is 17.5 Å². The van der Waals surface area contributed by atoms with E-state index in [0.717, 1.165) is 38.8 Å². The molecule has 2 aliphatic heterocycles. The molecule has 7 heteroatoms. The summed E-state index contributed by atoms with van der Waals surface area (Å²) >= 11 is 0. The molecule has 0 aromatic heterocycles. The number of aliphatic carboxylic acids is 2. The molecule has 1 aliphatic carbocycles. The maximum atomic E-state index is 11.5. The molecule has 3 rings (SSSR count). The van der Waals surface area contributed by atoms with Gasteiger partial charge in [-0.05, 0) is 57.8 Å². The predicted molar refractivity (Wildman–Crippen MR) is 102 cm³/mol. The molecule has 3 fully saturated rings. The second-order valence-electron chi connectivity index (χ2n) is 9.37. The minimum absolute atomic E-state index is 0.225. The van der Waals surface area contributed by atoms with E-state index >= 15 is 0 Å². The Morgan fingerprint density at radius 3 is 2.44 bits per heavy atom. The zero-order chi connectivity index (χ0) is 19.9. The molecule has 3 aliphatic rings. The molecule has 0 bridgehead atoms. The van der Waals surface area contributed by atoms with E-state index in [2.05, 4.69) is 30.6 Å². The van der Waals surface area contributed by atoms with Crippen molar-refractivity contribution in [3.05, 3.63) is 0 Å². The van der Waals surface area contributed by atoms with Crippen LogP contribution >= 0.6 is 0 Å². The topological polar surface area (TPSA) is 107 Å². The predicted octanol–water partition coefficient (Wildman–Crippen LogP) is 1.46. The Morgan fingerprint density at radius 2 is 1.85 bits per heavy atom. The van der Waals surface area contributed by atoms with Gasteiger partial charge in [0.05, 0.1) is 5.92 Å². The monoisotopic (exact) mass is 381 g/mol. The van der Waals surface area contributed by atoms with Gasteiger partial charge in [-0.1, -0.05) is 6.92 Å². The van der Waals surface area contributed by atoms with Crippen LogP contribution in [-0.2, 0) is 9.59 Å². The Hall–Kier alpha value is -1.18. The van der Waals surface area contributed by atoms with E-state index in [-0.39, 0.29) is 5.92 Å². The van der Waals surface area contributed by atoms with E-state index in [9.17, 15) is 19.8 Å². The highest BCUT2D eigenvalue weighted by Crippen LogP contribution is 2.40. The van der Waals surface area contributed by atoms with Crippen molar-refractivity contribution in [3.63, 3.8) is 0 Å². The van der Waals surface area contributed by atoms with Crippen LogP contribution in [0.15, 0.2) is 0 Å². The first-order valence-electron chi connectivity index (χ1n) is 10.4. The van der Waals surface area contributed by atoms with Crippen LogP contribution in [0.2, 0.25) is 0 Å². The Labute approximate surface area is 161 Å². The molecule has 0 amide bonds. The van der Waals surface area contributed by atoms with Gasteiger partial charge in [-0.25, -0.2) is 0 Å². The number of likely N-dealkylation sites (tertiary alicyclic amines) is 2. The van der Waals surface area contributed by atoms with Crippen LogP contribution in [0.25, 0.3) is 0 Å². The summed E-state index contributed by atoms with van der Waals surface area (Å²) in [5.74, 6) is -0.812. The van der Waals surface area contributed by atoms with Crippen LogP contribution in [0, 0.1) is 17.8 Å². The average molecular weight is 382 g/mol. The quantitative estimate of drug-likeness (QED) is 0.662. The first-order chi connectivity index (χ1) is 12.6. The first kappa shape index (κ1) is 20.6. The summed E-state index contributed by atoms with van der Waals surface area (Å²) in [5, 5.41) is 18.8. The summed E-state index contributed by atoms with van der Waals surface area (Å²) in [6.07, 6.45) is 4.08. The van der Waals surface area contributed by atoms with Gasteiger partial charge >= 0.3 is 11.9 Å². The van der Waals surface area contributed by atoms with Gasteiger partial charge in [0.2, 0.25) is 0 Å². The molecule has 7 atom stereocenters. The number of hydrogen-bond acceptors (Lipinski definition) is 5. The smallest absolute Gasteiger partial charge is 0.325 e. The molecule has 0 aromatic rings. The summed E-state index contributed by atoms with van der Waals surface area (Å²) in [6, 6.07) is 1.12. The highest BCUT2D eigenvalue weighted by atomic mass is 16.4. The molecule has 2 saturated heterocycles. The third-order valence-electron chi connectivity index (χ3n) is 7.49. The molecule has 0 spiro atoms. The van der Waals surface area contributed by atoms with E-state index in [1.165, 1.54) is 0 Å². The normalized spacial score (nSPS) is 43.9. The Bertz CT molecular complexity index is 586. The number of rotatable bonds is 5. The van der Waals surface area contributed by atoms with Crippen molar-refractivity contribution in [2.75, 3.05) is 19.6 Å². The third-order valence-corrected chi connectivity index (χ3v) is 7.49. The minimum Gasteiger partial charge on any atom is -0.481 e. The summed E-state index contributed by atoms with van der Waals surface area (Å²) < 4.78 is 0. The van der Waals surface area contributed by atoms with E-state index in [4.69, 9.17) is 5.73 Å². The maximum Gasteiger partial charge on any atom is 0.325 e. The minimum atomic E-state index is -1.11. The fraction of sp³-hybridized carbons (Fsp3) is 0.900. The molecular weight excluding hydrogens is 346 g/mol. The van der Waals surface area contributed by atoms with Crippen molar-refractivity contribution in [3.8, 4) is 0 Å². The number of carbonyl (C=O) groups is 2. The molecule has 27 heavy (non-hydrogen) atoms. The average Bonchev–Trinajstić information content (AvgIpc) is 3.10. The molecule has 7 unspecified atom stereocenters. The van der Waals surface area contributed by atoms with Gasteiger partial charge < -0.3 is 20.8 Å². The van der Waals surface area contributed by atoms with Gasteiger partial charge in [0.15, 0.2) is 0 Å². The molecule has 154 valence electrons. The summed E-state index contributed by atoms with van der Waals surface area (Å²) in [4.78, 5) is 27.7. The zero-order valence-electron chi connectivity index (χ0n) is 16.8. The van der Waals surface area contributed by atoms with Crippen LogP contribution < -0.4 is 5.73 Å². The SMILES string of the molecule is CC1CCC(C(=O)O)CC1N1C(C)CC(CN2CCC(N)(C(=O)O)C2)C1C. The van der Waals surface area contributed by atoms with Gasteiger partial charge in [0, 0.05) is 37.8 Å². The lowest BCUT2D eigenvalue weighted by Gasteiger charge is -2.43. The van der Waals surface area contributed by atoms with Crippen molar-refractivity contribution in [1.82, 2.24) is 9.80 Å². The molecule has 7 nitrogen and oxygen atoms in total. The highest BCUT2D eigenvalue weighted by Gasteiger charge is 2.47. The highest BCUT2D eigenvalue weighted by molar-refractivity contribution is 5.79. The molecular formula is C20H35N3O4. The van der Waals surface area contributed by atoms with Crippen molar-refractivity contribution in [2.45, 2.75) is 76.5 Å². The fourth-order valence-electron chi connectivity index (χ4n) is 5.77. The van der Waals surface area contributed by atoms with Crippen LogP contribution in [0.4, 0.5) is 0 Å². The van der Waals surface area contributed by atoms with Crippen molar-refractivity contribution in [1.29, 1.82) is 0 Å². The molecule has 2 heterocycles. The Morgan fingerprint density at radius 1 is 1.15 bits per heavy atom. The number of carboxylic acids is 2. The molecule has 4 N–H and O–H groups in total. The standard InChI is InChI=1S/C20H35N3O4/c1-12-4-5-15(18(24)25)9-17(12)23-13(2)8-16(14(23)3)10-22-7-6-20(21,11-22)19(26)27/h12-17H,4-11,21H2,1-3H3,(H,24,25)(H,26,27). The lowest BCUT2D eigenvalue weighted by Crippen LogP contribution is -2.51. The Kier molecular flexibility index (Phi) is 5.85. The fourth-order valence-corrected chi connectivity index (χ4v) is 5.77. The second-order valence-corrected chi connectivity index (χ2v) is 9.37. The maximum absolute atomic E-state index is 11.5. The van der Waals surface area contributed by atoms with Crippen molar-refractivity contribution in [2.24, 2.45) is 23.5 Å². The van der Waals surface area contributed by atoms with E-state index in [1.54, 1.807) is 0 Å². The number of nitrogens with zero attached hydrogens (tertiary/aromatic N) is 2. The first-order valence-corrected chi connectivity index (χ1v) is 10.4. The van der Waals surface area contributed by atoms with Gasteiger partial charge in [0.1, 0.15) is 5.54 Å². The summed E-state index contributed by atoms with van der Waals surface area (Å²) in [7, 11) is 0. The van der Waals surface area contributed by atoms with E-state index in [0.29, 0.717) is 42.9 Å². The van der Waals surface area contributed by atoms with Gasteiger partial charge in [-0.15, -0.1) is 0 Å². The largest absolute Gasteiger partial charge is 0.481 e. The second kappa shape index (κ2) is 7.68. The van der Waals surface area contributed by atoms with Gasteiger partial charge in [-0.2, -0.15) is 0 Å².